The maximum atomic E-state index is 11.0. The van der Waals surface area contributed by atoms with Crippen LogP contribution in [0.5, 0.6) is 0 Å². The van der Waals surface area contributed by atoms with E-state index in [-0.39, 0.29) is 18.8 Å². The molecule has 22 heavy (non-hydrogen) atoms. The third kappa shape index (κ3) is 18.5. The molecule has 0 amide bonds. The summed E-state index contributed by atoms with van der Waals surface area (Å²) in [5.74, 6) is -0.816. The predicted octanol–water partition coefficient (Wildman–Crippen LogP) is 1.73. The van der Waals surface area contributed by atoms with Gasteiger partial charge in [-0.3, -0.25) is 19.4 Å². The Morgan fingerprint density at radius 2 is 1.86 bits per heavy atom. The molecule has 0 radical (unpaired) electrons. The number of phosphoric acid groups is 1. The smallest absolute Gasteiger partial charge is 0.463 e. The summed E-state index contributed by atoms with van der Waals surface area (Å²) in [7, 11) is -4.27. The van der Waals surface area contributed by atoms with Gasteiger partial charge in [-0.25, -0.2) is 4.57 Å². The fourth-order valence-electron chi connectivity index (χ4n) is 0.832. The normalized spacial score (nSPS) is 10.6. The van der Waals surface area contributed by atoms with Crippen LogP contribution < -0.4 is 0 Å². The SMILES string of the molecule is C=C(C)C(=O)CC(=O)OCCOCC.CC=COP(=O)(O)O. The molecule has 0 fully saturated rings. The van der Waals surface area contributed by atoms with Gasteiger partial charge in [-0.05, 0) is 26.3 Å². The molecule has 0 bridgehead atoms. The molecule has 0 aliphatic carbocycles. The first-order valence-corrected chi connectivity index (χ1v) is 7.94. The lowest BCUT2D eigenvalue weighted by atomic mass is 10.2. The topological polar surface area (TPSA) is 119 Å². The Kier molecular flexibility index (Phi) is 13.7. The number of ketones is 1. The molecule has 128 valence electrons. The third-order valence-corrected chi connectivity index (χ3v) is 2.21. The lowest BCUT2D eigenvalue weighted by Gasteiger charge is -2.03. The van der Waals surface area contributed by atoms with Gasteiger partial charge in [0.1, 0.15) is 13.0 Å². The number of phosphoric ester groups is 1. The molecule has 0 unspecified atom stereocenters. The number of carbonyl (C=O) groups is 2. The molecule has 0 aromatic rings. The Hall–Kier alpha value is -1.47. The Morgan fingerprint density at radius 1 is 1.27 bits per heavy atom. The van der Waals surface area contributed by atoms with E-state index in [9.17, 15) is 14.2 Å². The van der Waals surface area contributed by atoms with Crippen molar-refractivity contribution in [3.63, 3.8) is 0 Å². The van der Waals surface area contributed by atoms with Crippen LogP contribution in [0.3, 0.4) is 0 Å². The Balaban J connectivity index is 0. The fraction of sp³-hybridized carbons (Fsp3) is 0.538. The first-order chi connectivity index (χ1) is 10.1. The Morgan fingerprint density at radius 3 is 2.23 bits per heavy atom. The van der Waals surface area contributed by atoms with Gasteiger partial charge in [0.2, 0.25) is 0 Å². The van der Waals surface area contributed by atoms with Gasteiger partial charge < -0.3 is 14.0 Å². The van der Waals surface area contributed by atoms with E-state index in [0.717, 1.165) is 6.26 Å². The average molecular weight is 338 g/mol. The molecular weight excluding hydrogens is 315 g/mol. The van der Waals surface area contributed by atoms with Crippen molar-refractivity contribution in [1.29, 1.82) is 0 Å². The zero-order valence-electron chi connectivity index (χ0n) is 13.0. The van der Waals surface area contributed by atoms with Crippen molar-refractivity contribution in [3.8, 4) is 0 Å². The van der Waals surface area contributed by atoms with Crippen molar-refractivity contribution in [2.45, 2.75) is 27.2 Å². The first-order valence-electron chi connectivity index (χ1n) is 6.41. The summed E-state index contributed by atoms with van der Waals surface area (Å²) < 4.78 is 23.4. The number of hydrogen-bond acceptors (Lipinski definition) is 6. The second-order valence-electron chi connectivity index (χ2n) is 3.86. The largest absolute Gasteiger partial charge is 0.524 e. The molecule has 0 rings (SSSR count). The molecule has 0 saturated carbocycles. The van der Waals surface area contributed by atoms with Crippen LogP contribution in [0.1, 0.15) is 27.2 Å². The quantitative estimate of drug-likeness (QED) is 0.163. The molecule has 0 aliphatic heterocycles. The van der Waals surface area contributed by atoms with Crippen LogP contribution in [0.25, 0.3) is 0 Å². The van der Waals surface area contributed by atoms with Gasteiger partial charge in [0, 0.05) is 6.61 Å². The lowest BCUT2D eigenvalue weighted by molar-refractivity contribution is -0.146. The van der Waals surface area contributed by atoms with E-state index in [0.29, 0.717) is 18.8 Å². The number of rotatable bonds is 9. The summed E-state index contributed by atoms with van der Waals surface area (Å²) in [6.07, 6.45) is 2.10. The molecular formula is C13H23O8P. The average Bonchev–Trinajstić information content (AvgIpc) is 2.41. The maximum absolute atomic E-state index is 11.0. The van der Waals surface area contributed by atoms with Gasteiger partial charge in [0.05, 0.1) is 12.9 Å². The Labute approximate surface area is 130 Å². The van der Waals surface area contributed by atoms with Crippen LogP contribution in [0.2, 0.25) is 0 Å². The van der Waals surface area contributed by atoms with Gasteiger partial charge in [-0.15, -0.1) is 0 Å². The second kappa shape index (κ2) is 13.2. The molecule has 0 aromatic carbocycles. The van der Waals surface area contributed by atoms with Crippen molar-refractivity contribution < 1.29 is 37.9 Å². The molecule has 0 heterocycles. The number of hydrogen-bond donors (Lipinski definition) is 2. The zero-order valence-corrected chi connectivity index (χ0v) is 13.9. The van der Waals surface area contributed by atoms with Gasteiger partial charge in [-0.2, -0.15) is 0 Å². The van der Waals surface area contributed by atoms with Crippen molar-refractivity contribution in [2.24, 2.45) is 0 Å². The van der Waals surface area contributed by atoms with Gasteiger partial charge in [-0.1, -0.05) is 12.7 Å². The predicted molar refractivity (Wildman–Crippen MR) is 79.8 cm³/mol. The van der Waals surface area contributed by atoms with E-state index < -0.39 is 13.8 Å². The van der Waals surface area contributed by atoms with E-state index >= 15 is 0 Å². The van der Waals surface area contributed by atoms with Crippen molar-refractivity contribution in [3.05, 3.63) is 24.5 Å². The lowest BCUT2D eigenvalue weighted by Crippen LogP contribution is -2.14. The molecule has 2 N–H and O–H groups in total. The summed E-state index contributed by atoms with van der Waals surface area (Å²) in [5, 5.41) is 0. The van der Waals surface area contributed by atoms with Crippen LogP contribution in [0, 0.1) is 0 Å². The van der Waals surface area contributed by atoms with Crippen LogP contribution in [0.15, 0.2) is 24.5 Å². The molecule has 0 aliphatic rings. The highest BCUT2D eigenvalue weighted by molar-refractivity contribution is 7.46. The highest BCUT2D eigenvalue weighted by Crippen LogP contribution is 2.35. The van der Waals surface area contributed by atoms with E-state index in [1.165, 1.54) is 6.08 Å². The minimum Gasteiger partial charge on any atom is -0.463 e. The van der Waals surface area contributed by atoms with Crippen LogP contribution in [-0.4, -0.2) is 41.4 Å². The summed E-state index contributed by atoms with van der Waals surface area (Å²) in [6.45, 7) is 9.59. The monoisotopic (exact) mass is 338 g/mol. The van der Waals surface area contributed by atoms with Crippen LogP contribution in [-0.2, 0) is 28.2 Å². The third-order valence-electron chi connectivity index (χ3n) is 1.81. The Bertz CT molecular complexity index is 424. The molecule has 9 heteroatoms. The standard InChI is InChI=1S/C10H16O4.C3H7O4P/c1-4-13-5-6-14-10(12)7-9(11)8(2)3;1-2-3-7-8(4,5)6/h2,4-7H2,1,3H3;2-3H,1H3,(H2,4,5,6). The first kappa shape index (κ1) is 22.8. The van der Waals surface area contributed by atoms with Crippen molar-refractivity contribution >= 4 is 19.6 Å². The minimum atomic E-state index is -4.27. The van der Waals surface area contributed by atoms with E-state index in [2.05, 4.69) is 11.1 Å². The van der Waals surface area contributed by atoms with E-state index in [4.69, 9.17) is 19.3 Å². The van der Waals surface area contributed by atoms with E-state index in [1.54, 1.807) is 13.8 Å². The highest BCUT2D eigenvalue weighted by atomic mass is 31.2. The zero-order chi connectivity index (χ0) is 17.6. The molecule has 0 atom stereocenters. The maximum Gasteiger partial charge on any atom is 0.524 e. The summed E-state index contributed by atoms with van der Waals surface area (Å²) in [5.41, 5.74) is 0.367. The van der Waals surface area contributed by atoms with Crippen molar-refractivity contribution in [2.75, 3.05) is 19.8 Å². The number of Topliss-reactive ketones (excluding diaryl/α,β-unsaturated/α-hetero) is 1. The molecule has 0 aromatic heterocycles. The molecule has 8 nitrogen and oxygen atoms in total. The number of carbonyl (C=O) groups excluding carboxylic acids is 2. The molecule has 0 saturated heterocycles. The molecule has 0 spiro atoms. The van der Waals surface area contributed by atoms with E-state index in [1.807, 2.05) is 6.92 Å². The summed E-state index contributed by atoms with van der Waals surface area (Å²) in [4.78, 5) is 38.0. The summed E-state index contributed by atoms with van der Waals surface area (Å²) >= 11 is 0. The number of allylic oxidation sites excluding steroid dienone is 2. The second-order valence-corrected chi connectivity index (χ2v) is 5.06. The number of esters is 1. The van der Waals surface area contributed by atoms with Crippen molar-refractivity contribution in [1.82, 2.24) is 0 Å². The van der Waals surface area contributed by atoms with Crippen LogP contribution >= 0.6 is 7.82 Å². The van der Waals surface area contributed by atoms with Gasteiger partial charge in [0.15, 0.2) is 5.78 Å². The highest BCUT2D eigenvalue weighted by Gasteiger charge is 2.11. The fourth-order valence-corrected chi connectivity index (χ4v) is 1.11. The minimum absolute atomic E-state index is 0.191. The summed E-state index contributed by atoms with van der Waals surface area (Å²) in [6, 6.07) is 0. The van der Waals surface area contributed by atoms with Gasteiger partial charge in [0.25, 0.3) is 0 Å². The number of ether oxygens (including phenoxy) is 2. The van der Waals surface area contributed by atoms with Crippen LogP contribution in [0.4, 0.5) is 0 Å². The van der Waals surface area contributed by atoms with Gasteiger partial charge >= 0.3 is 13.8 Å².